The first-order valence-electron chi connectivity index (χ1n) is 6.86. The van der Waals surface area contributed by atoms with Crippen LogP contribution in [0.4, 0.5) is 0 Å². The highest BCUT2D eigenvalue weighted by Crippen LogP contribution is 2.31. The predicted molar refractivity (Wildman–Crippen MR) is 86.7 cm³/mol. The largest absolute Gasteiger partial charge is 0.329 e. The molecule has 1 unspecified atom stereocenters. The van der Waals surface area contributed by atoms with E-state index in [9.17, 15) is 0 Å². The van der Waals surface area contributed by atoms with Gasteiger partial charge in [-0.2, -0.15) is 0 Å². The van der Waals surface area contributed by atoms with Crippen molar-refractivity contribution in [2.75, 3.05) is 32.7 Å². The molecule has 1 aromatic heterocycles. The van der Waals surface area contributed by atoms with E-state index in [1.165, 1.54) is 8.66 Å². The Bertz CT molecular complexity index is 405. The number of piperazine rings is 1. The molecule has 0 aromatic carbocycles. The lowest BCUT2D eigenvalue weighted by molar-refractivity contribution is 0.0440. The molecule has 0 radical (unpaired) electrons. The topological polar surface area (TPSA) is 32.5 Å². The first-order chi connectivity index (χ1) is 8.91. The summed E-state index contributed by atoms with van der Waals surface area (Å²) in [7, 11) is 0. The number of nitrogens with two attached hydrogens (primary N) is 1. The van der Waals surface area contributed by atoms with Gasteiger partial charge >= 0.3 is 0 Å². The summed E-state index contributed by atoms with van der Waals surface area (Å²) >= 11 is 5.34. The Balaban J connectivity index is 1.99. The molecule has 19 heavy (non-hydrogen) atoms. The number of nitrogens with zero attached hydrogens (tertiary/aromatic N) is 2. The molecule has 1 aliphatic rings. The highest BCUT2D eigenvalue weighted by atomic mass is 79.9. The Morgan fingerprint density at radius 1 is 1.26 bits per heavy atom. The molecule has 5 heteroatoms. The second-order valence-electron chi connectivity index (χ2n) is 6.09. The van der Waals surface area contributed by atoms with Gasteiger partial charge in [-0.1, -0.05) is 0 Å². The summed E-state index contributed by atoms with van der Waals surface area (Å²) < 4.78 is 1.19. The Labute approximate surface area is 128 Å². The van der Waals surface area contributed by atoms with Gasteiger partial charge in [0, 0.05) is 43.1 Å². The van der Waals surface area contributed by atoms with Crippen LogP contribution in [0.3, 0.4) is 0 Å². The van der Waals surface area contributed by atoms with Crippen LogP contribution in [0.25, 0.3) is 0 Å². The summed E-state index contributed by atoms with van der Waals surface area (Å²) in [6.07, 6.45) is 0. The van der Waals surface area contributed by atoms with E-state index in [0.29, 0.717) is 12.6 Å². The first-order valence-corrected chi connectivity index (χ1v) is 8.47. The maximum Gasteiger partial charge on any atom is 0.0702 e. The maximum atomic E-state index is 6.00. The van der Waals surface area contributed by atoms with Crippen molar-refractivity contribution in [2.45, 2.75) is 32.4 Å². The van der Waals surface area contributed by atoms with Crippen molar-refractivity contribution in [3.8, 4) is 0 Å². The smallest absolute Gasteiger partial charge is 0.0702 e. The van der Waals surface area contributed by atoms with Crippen LogP contribution in [0.1, 0.15) is 31.7 Å². The van der Waals surface area contributed by atoms with E-state index in [2.05, 4.69) is 58.6 Å². The number of thiophene rings is 1. The average Bonchev–Trinajstić information content (AvgIpc) is 2.76. The fourth-order valence-corrected chi connectivity index (χ4v) is 4.23. The summed E-state index contributed by atoms with van der Waals surface area (Å²) in [6, 6.07) is 4.69. The lowest BCUT2D eigenvalue weighted by Crippen LogP contribution is -2.54. The Kier molecular flexibility index (Phi) is 5.06. The molecular formula is C14H24BrN3S. The van der Waals surface area contributed by atoms with Crippen molar-refractivity contribution in [1.82, 2.24) is 9.80 Å². The van der Waals surface area contributed by atoms with Gasteiger partial charge in [-0.05, 0) is 48.8 Å². The molecule has 1 aromatic rings. The van der Waals surface area contributed by atoms with Crippen LogP contribution < -0.4 is 5.73 Å². The Morgan fingerprint density at radius 3 is 2.32 bits per heavy atom. The molecule has 0 spiro atoms. The van der Waals surface area contributed by atoms with Gasteiger partial charge in [0.15, 0.2) is 0 Å². The zero-order valence-electron chi connectivity index (χ0n) is 12.0. The standard InChI is InChI=1S/C14H24BrN3S/c1-14(2,3)18-8-6-17(7-9-18)11(10-16)12-4-5-13(15)19-12/h4-5,11H,6-10,16H2,1-3H3. The minimum atomic E-state index is 0.274. The fraction of sp³-hybridized carbons (Fsp3) is 0.714. The van der Waals surface area contributed by atoms with Gasteiger partial charge in [-0.25, -0.2) is 0 Å². The highest BCUT2D eigenvalue weighted by molar-refractivity contribution is 9.11. The van der Waals surface area contributed by atoms with E-state index in [1.807, 2.05) is 0 Å². The normalized spacial score (nSPS) is 20.7. The van der Waals surface area contributed by atoms with Crippen molar-refractivity contribution in [3.63, 3.8) is 0 Å². The molecule has 1 atom stereocenters. The molecule has 3 nitrogen and oxygen atoms in total. The van der Waals surface area contributed by atoms with Crippen LogP contribution in [0.15, 0.2) is 15.9 Å². The molecule has 0 saturated carbocycles. The number of hydrogen-bond donors (Lipinski definition) is 1. The monoisotopic (exact) mass is 345 g/mol. The van der Waals surface area contributed by atoms with Gasteiger partial charge in [0.2, 0.25) is 0 Å². The molecule has 0 amide bonds. The molecule has 0 bridgehead atoms. The summed E-state index contributed by atoms with van der Waals surface area (Å²) in [4.78, 5) is 6.46. The van der Waals surface area contributed by atoms with Crippen molar-refractivity contribution < 1.29 is 0 Å². The van der Waals surface area contributed by atoms with Crippen LogP contribution in [-0.2, 0) is 0 Å². The van der Waals surface area contributed by atoms with E-state index in [1.54, 1.807) is 11.3 Å². The van der Waals surface area contributed by atoms with Gasteiger partial charge < -0.3 is 5.73 Å². The quantitative estimate of drug-likeness (QED) is 0.913. The summed E-state index contributed by atoms with van der Waals surface area (Å²) in [5.41, 5.74) is 6.28. The molecular weight excluding hydrogens is 322 g/mol. The third kappa shape index (κ3) is 3.79. The second-order valence-corrected chi connectivity index (χ2v) is 8.58. The van der Waals surface area contributed by atoms with Crippen LogP contribution in [0, 0.1) is 0 Å². The minimum Gasteiger partial charge on any atom is -0.329 e. The average molecular weight is 346 g/mol. The van der Waals surface area contributed by atoms with Crippen molar-refractivity contribution in [2.24, 2.45) is 5.73 Å². The van der Waals surface area contributed by atoms with E-state index >= 15 is 0 Å². The summed E-state index contributed by atoms with van der Waals surface area (Å²) in [5.74, 6) is 0. The summed E-state index contributed by atoms with van der Waals surface area (Å²) in [6.45, 7) is 12.0. The number of halogens is 1. The van der Waals surface area contributed by atoms with E-state index < -0.39 is 0 Å². The zero-order chi connectivity index (χ0) is 14.0. The molecule has 1 fully saturated rings. The third-order valence-corrected chi connectivity index (χ3v) is 5.57. The van der Waals surface area contributed by atoms with Gasteiger partial charge in [0.1, 0.15) is 0 Å². The van der Waals surface area contributed by atoms with Gasteiger partial charge in [-0.15, -0.1) is 11.3 Å². The second kappa shape index (κ2) is 6.22. The highest BCUT2D eigenvalue weighted by Gasteiger charge is 2.29. The minimum absolute atomic E-state index is 0.274. The Hall–Kier alpha value is 0.0600. The first kappa shape index (κ1) is 15.4. The van der Waals surface area contributed by atoms with Crippen molar-refractivity contribution >= 4 is 27.3 Å². The molecule has 1 aliphatic heterocycles. The molecule has 2 rings (SSSR count). The lowest BCUT2D eigenvalue weighted by Gasteiger charge is -2.44. The van der Waals surface area contributed by atoms with Crippen LogP contribution in [0.2, 0.25) is 0 Å². The van der Waals surface area contributed by atoms with Gasteiger partial charge in [0.25, 0.3) is 0 Å². The fourth-order valence-electron chi connectivity index (χ4n) is 2.66. The summed E-state index contributed by atoms with van der Waals surface area (Å²) in [5, 5.41) is 0. The van der Waals surface area contributed by atoms with Gasteiger partial charge in [-0.3, -0.25) is 9.80 Å². The molecule has 2 heterocycles. The van der Waals surface area contributed by atoms with Crippen LogP contribution in [-0.4, -0.2) is 48.1 Å². The van der Waals surface area contributed by atoms with E-state index in [4.69, 9.17) is 5.73 Å². The van der Waals surface area contributed by atoms with Crippen molar-refractivity contribution in [3.05, 3.63) is 20.8 Å². The predicted octanol–water partition coefficient (Wildman–Crippen LogP) is 2.93. The lowest BCUT2D eigenvalue weighted by atomic mass is 10.0. The molecule has 1 saturated heterocycles. The Morgan fingerprint density at radius 2 is 1.89 bits per heavy atom. The molecule has 0 aliphatic carbocycles. The van der Waals surface area contributed by atoms with Crippen molar-refractivity contribution in [1.29, 1.82) is 0 Å². The SMILES string of the molecule is CC(C)(C)N1CCN(C(CN)c2ccc(Br)s2)CC1. The van der Waals surface area contributed by atoms with E-state index in [0.717, 1.165) is 26.2 Å². The number of hydrogen-bond acceptors (Lipinski definition) is 4. The maximum absolute atomic E-state index is 6.00. The molecule has 108 valence electrons. The van der Waals surface area contributed by atoms with Crippen LogP contribution >= 0.6 is 27.3 Å². The third-order valence-electron chi connectivity index (χ3n) is 3.85. The van der Waals surface area contributed by atoms with Gasteiger partial charge in [0.05, 0.1) is 9.83 Å². The zero-order valence-corrected chi connectivity index (χ0v) is 14.4. The number of rotatable bonds is 3. The van der Waals surface area contributed by atoms with Crippen LogP contribution in [0.5, 0.6) is 0 Å². The molecule has 2 N–H and O–H groups in total. The van der Waals surface area contributed by atoms with E-state index in [-0.39, 0.29) is 5.54 Å².